The van der Waals surface area contributed by atoms with Crippen LogP contribution in [0.1, 0.15) is 22.4 Å². The van der Waals surface area contributed by atoms with Crippen molar-refractivity contribution in [2.45, 2.75) is 18.1 Å². The van der Waals surface area contributed by atoms with Gasteiger partial charge in [0.05, 0.1) is 16.3 Å². The third-order valence-corrected chi connectivity index (χ3v) is 5.76. The van der Waals surface area contributed by atoms with Crippen LogP contribution in [-0.4, -0.2) is 11.1 Å². The number of carbonyl (C=O) groups is 1. The summed E-state index contributed by atoms with van der Waals surface area (Å²) in [6, 6.07) is 18.0. The lowest BCUT2D eigenvalue weighted by Gasteiger charge is -2.35. The molecule has 1 amide bonds. The second kappa shape index (κ2) is 10.6. The molecule has 1 atom stereocenters. The van der Waals surface area contributed by atoms with Gasteiger partial charge >= 0.3 is 12.3 Å². The first-order valence-electron chi connectivity index (χ1n) is 10.8. The average Bonchev–Trinajstić information content (AvgIpc) is 2.85. The number of hydrogen-bond acceptors (Lipinski definition) is 3. The molecular weight excluding hydrogens is 515 g/mol. The summed E-state index contributed by atoms with van der Waals surface area (Å²) >= 11 is 5.99. The predicted molar refractivity (Wildman–Crippen MR) is 127 cm³/mol. The van der Waals surface area contributed by atoms with Crippen molar-refractivity contribution in [2.75, 3.05) is 0 Å². The zero-order valence-electron chi connectivity index (χ0n) is 18.9. The zero-order valence-corrected chi connectivity index (χ0v) is 19.7. The van der Waals surface area contributed by atoms with E-state index in [2.05, 4.69) is 10.3 Å². The Balaban J connectivity index is 1.90. The van der Waals surface area contributed by atoms with Gasteiger partial charge in [0.25, 0.3) is 0 Å². The fraction of sp³-hybridized carbons (Fsp3) is 0.111. The molecule has 4 rings (SSSR count). The molecule has 0 unspecified atom stereocenters. The number of amides is 1. The van der Waals surface area contributed by atoms with Crippen LogP contribution in [0, 0.1) is 11.6 Å². The Morgan fingerprint density at radius 2 is 1.54 bits per heavy atom. The first-order chi connectivity index (χ1) is 17.5. The average molecular weight is 533 g/mol. The Labute approximate surface area is 213 Å². The minimum atomic E-state index is -4.86. The lowest BCUT2D eigenvalue weighted by molar-refractivity contribution is -0.137. The van der Waals surface area contributed by atoms with Crippen molar-refractivity contribution in [3.8, 4) is 5.75 Å². The molecule has 0 bridgehead atoms. The molecule has 190 valence electrons. The molecule has 1 aromatic heterocycles. The van der Waals surface area contributed by atoms with Crippen LogP contribution >= 0.6 is 11.6 Å². The van der Waals surface area contributed by atoms with Crippen molar-refractivity contribution in [2.24, 2.45) is 0 Å². The van der Waals surface area contributed by atoms with Crippen LogP contribution in [0.15, 0.2) is 91.1 Å². The summed E-state index contributed by atoms with van der Waals surface area (Å²) in [4.78, 5) is 17.3. The maximum atomic E-state index is 14.6. The molecule has 1 heterocycles. The van der Waals surface area contributed by atoms with E-state index in [1.807, 2.05) is 0 Å². The molecule has 0 aliphatic heterocycles. The van der Waals surface area contributed by atoms with Crippen LogP contribution in [0.4, 0.5) is 26.7 Å². The minimum absolute atomic E-state index is 0.0215. The summed E-state index contributed by atoms with van der Waals surface area (Å²) in [6.07, 6.45) is -4.82. The summed E-state index contributed by atoms with van der Waals surface area (Å²) in [5.74, 6) is -1.74. The second-order valence-corrected chi connectivity index (χ2v) is 8.56. The topological polar surface area (TPSA) is 51.2 Å². The molecule has 1 N–H and O–H groups in total. The third-order valence-electron chi connectivity index (χ3n) is 5.53. The Bertz CT molecular complexity index is 1380. The molecule has 4 nitrogen and oxygen atoms in total. The smallest absolute Gasteiger partial charge is 0.410 e. The Kier molecular flexibility index (Phi) is 7.45. The normalized spacial score (nSPS) is 13.0. The molecule has 0 radical (unpaired) electrons. The van der Waals surface area contributed by atoms with Crippen molar-refractivity contribution in [3.05, 3.63) is 130 Å². The predicted octanol–water partition coefficient (Wildman–Crippen LogP) is 7.31. The van der Waals surface area contributed by atoms with Gasteiger partial charge in [-0.2, -0.15) is 13.2 Å². The van der Waals surface area contributed by atoms with Crippen molar-refractivity contribution in [1.29, 1.82) is 0 Å². The van der Waals surface area contributed by atoms with E-state index in [-0.39, 0.29) is 28.5 Å². The van der Waals surface area contributed by atoms with Gasteiger partial charge < -0.3 is 10.1 Å². The number of aromatic nitrogens is 1. The number of ether oxygens (including phenoxy) is 1. The van der Waals surface area contributed by atoms with E-state index in [0.29, 0.717) is 11.6 Å². The minimum Gasteiger partial charge on any atom is -0.410 e. The van der Waals surface area contributed by atoms with Gasteiger partial charge in [0.15, 0.2) is 0 Å². The van der Waals surface area contributed by atoms with Gasteiger partial charge in [0, 0.05) is 12.6 Å². The van der Waals surface area contributed by atoms with Gasteiger partial charge in [0.2, 0.25) is 0 Å². The Morgan fingerprint density at radius 3 is 2.16 bits per heavy atom. The van der Waals surface area contributed by atoms with E-state index in [1.165, 1.54) is 30.5 Å². The van der Waals surface area contributed by atoms with Gasteiger partial charge in [-0.1, -0.05) is 41.9 Å². The summed E-state index contributed by atoms with van der Waals surface area (Å²) in [7, 11) is 0. The van der Waals surface area contributed by atoms with E-state index in [4.69, 9.17) is 16.3 Å². The molecule has 0 saturated heterocycles. The van der Waals surface area contributed by atoms with E-state index in [0.717, 1.165) is 24.3 Å². The lowest BCUT2D eigenvalue weighted by atomic mass is 9.80. The molecule has 4 aromatic rings. The number of benzene rings is 3. The summed E-state index contributed by atoms with van der Waals surface area (Å²) in [6.45, 7) is 0. The van der Waals surface area contributed by atoms with Crippen molar-refractivity contribution >= 4 is 17.7 Å². The number of nitrogens with zero attached hydrogens (tertiary/aromatic N) is 1. The highest BCUT2D eigenvalue weighted by molar-refractivity contribution is 6.30. The summed E-state index contributed by atoms with van der Waals surface area (Å²) in [5.41, 5.74) is -2.63. The Morgan fingerprint density at radius 1 is 0.865 bits per heavy atom. The number of pyridine rings is 1. The molecule has 0 fully saturated rings. The SMILES string of the molecule is O=C(N[C@@](Cc1ccccc1)(c1cc(F)cc(C(F)(F)F)c1)c1ccc(Cl)cn1)Oc1ccc(F)cc1. The first kappa shape index (κ1) is 26.1. The maximum Gasteiger partial charge on any atom is 0.416 e. The van der Waals surface area contributed by atoms with E-state index < -0.39 is 35.0 Å². The molecule has 37 heavy (non-hydrogen) atoms. The van der Waals surface area contributed by atoms with E-state index in [1.54, 1.807) is 30.3 Å². The zero-order chi connectivity index (χ0) is 26.6. The van der Waals surface area contributed by atoms with Crippen molar-refractivity contribution < 1.29 is 31.5 Å². The molecular formula is C27H18ClF5N2O2. The number of carbonyl (C=O) groups excluding carboxylic acids is 1. The molecule has 3 aromatic carbocycles. The van der Waals surface area contributed by atoms with Crippen LogP contribution in [0.5, 0.6) is 5.75 Å². The third kappa shape index (κ3) is 6.24. The van der Waals surface area contributed by atoms with Crippen LogP contribution in [0.25, 0.3) is 0 Å². The van der Waals surface area contributed by atoms with Gasteiger partial charge in [-0.3, -0.25) is 4.98 Å². The highest BCUT2D eigenvalue weighted by atomic mass is 35.5. The number of alkyl halides is 3. The van der Waals surface area contributed by atoms with Crippen LogP contribution in [0.2, 0.25) is 5.02 Å². The summed E-state index contributed by atoms with van der Waals surface area (Å²) in [5, 5.41) is 2.84. The monoisotopic (exact) mass is 532 g/mol. The number of hydrogen-bond donors (Lipinski definition) is 1. The summed E-state index contributed by atoms with van der Waals surface area (Å²) < 4.78 is 74.1. The first-order valence-corrected chi connectivity index (χ1v) is 11.2. The maximum absolute atomic E-state index is 14.6. The van der Waals surface area contributed by atoms with Crippen LogP contribution in [-0.2, 0) is 18.1 Å². The second-order valence-electron chi connectivity index (χ2n) is 8.12. The molecule has 0 spiro atoms. The fourth-order valence-corrected chi connectivity index (χ4v) is 3.97. The fourth-order valence-electron chi connectivity index (χ4n) is 3.86. The largest absolute Gasteiger partial charge is 0.416 e. The molecule has 10 heteroatoms. The van der Waals surface area contributed by atoms with Gasteiger partial charge in [-0.05, 0) is 65.7 Å². The molecule has 0 aliphatic rings. The quantitative estimate of drug-likeness (QED) is 0.265. The Hall–Kier alpha value is -3.98. The van der Waals surface area contributed by atoms with Gasteiger partial charge in [-0.15, -0.1) is 0 Å². The van der Waals surface area contributed by atoms with Crippen molar-refractivity contribution in [3.63, 3.8) is 0 Å². The van der Waals surface area contributed by atoms with Crippen LogP contribution in [0.3, 0.4) is 0 Å². The molecule has 0 saturated carbocycles. The number of rotatable bonds is 6. The van der Waals surface area contributed by atoms with Crippen LogP contribution < -0.4 is 10.1 Å². The van der Waals surface area contributed by atoms with Gasteiger partial charge in [0.1, 0.15) is 22.9 Å². The highest BCUT2D eigenvalue weighted by Gasteiger charge is 2.41. The van der Waals surface area contributed by atoms with Crippen molar-refractivity contribution in [1.82, 2.24) is 10.3 Å². The lowest BCUT2D eigenvalue weighted by Crippen LogP contribution is -2.50. The molecule has 0 aliphatic carbocycles. The standard InChI is InChI=1S/C27H18ClF5N2O2/c28-20-6-11-24(34-16-20)26(15-17-4-2-1-3-5-17,18-12-19(27(31,32)33)14-22(30)13-18)35-25(36)37-23-9-7-21(29)8-10-23/h1-14,16H,15H2,(H,35,36)/t26-/m0/s1. The van der Waals surface area contributed by atoms with E-state index >= 15 is 0 Å². The van der Waals surface area contributed by atoms with E-state index in [9.17, 15) is 26.7 Å². The highest BCUT2D eigenvalue weighted by Crippen LogP contribution is 2.38. The number of nitrogens with one attached hydrogen (secondary N) is 1. The number of halogens is 6. The van der Waals surface area contributed by atoms with Gasteiger partial charge in [-0.25, -0.2) is 13.6 Å².